The fraction of sp³-hybridized carbons (Fsp3) is 0.273. The Balaban J connectivity index is 1.91. The van der Waals surface area contributed by atoms with Gasteiger partial charge in [-0.15, -0.1) is 6.58 Å². The zero-order valence-electron chi connectivity index (χ0n) is 16.0. The lowest BCUT2D eigenvalue weighted by atomic mass is 10.0. The van der Waals surface area contributed by atoms with E-state index in [1.54, 1.807) is 6.08 Å². The summed E-state index contributed by atoms with van der Waals surface area (Å²) in [6.45, 7) is 9.46. The van der Waals surface area contributed by atoms with Crippen LogP contribution in [0.15, 0.2) is 60.1 Å². The van der Waals surface area contributed by atoms with E-state index in [2.05, 4.69) is 22.4 Å². The van der Waals surface area contributed by atoms with Gasteiger partial charge in [0.25, 0.3) is 0 Å². The quantitative estimate of drug-likeness (QED) is 0.589. The third-order valence-electron chi connectivity index (χ3n) is 4.79. The smallest absolute Gasteiger partial charge is 0.241 e. The number of sulfonamides is 1. The minimum absolute atomic E-state index is 0.258. The molecular formula is C22H26N2O2S. The van der Waals surface area contributed by atoms with Crippen LogP contribution in [0.4, 0.5) is 0 Å². The average Bonchev–Trinajstić information content (AvgIpc) is 2.96. The van der Waals surface area contributed by atoms with Gasteiger partial charge in [-0.3, -0.25) is 0 Å². The maximum absolute atomic E-state index is 13.1. The molecule has 0 radical (unpaired) electrons. The second-order valence-corrected chi connectivity index (χ2v) is 8.78. The van der Waals surface area contributed by atoms with Crippen LogP contribution in [0, 0.1) is 20.8 Å². The van der Waals surface area contributed by atoms with E-state index >= 15 is 0 Å². The number of aryl methyl sites for hydroxylation is 3. The van der Waals surface area contributed by atoms with Gasteiger partial charge in [-0.1, -0.05) is 42.0 Å². The molecular weight excluding hydrogens is 356 g/mol. The molecule has 0 amide bonds. The number of rotatable bonds is 7. The Morgan fingerprint density at radius 3 is 2.48 bits per heavy atom. The first kappa shape index (κ1) is 19.4. The van der Waals surface area contributed by atoms with Gasteiger partial charge >= 0.3 is 0 Å². The number of nitrogens with one attached hydrogen (secondary N) is 2. The summed E-state index contributed by atoms with van der Waals surface area (Å²) in [6, 6.07) is 11.6. The van der Waals surface area contributed by atoms with Crippen LogP contribution in [0.3, 0.4) is 0 Å². The molecule has 1 atom stereocenters. The Bertz CT molecular complexity index is 1060. The number of H-pyrrole nitrogens is 1. The molecule has 0 saturated carbocycles. The largest absolute Gasteiger partial charge is 0.361 e. The van der Waals surface area contributed by atoms with Crippen LogP contribution in [0.25, 0.3) is 10.9 Å². The van der Waals surface area contributed by atoms with E-state index in [1.807, 2.05) is 57.3 Å². The number of benzene rings is 2. The van der Waals surface area contributed by atoms with Crippen LogP contribution >= 0.6 is 0 Å². The highest BCUT2D eigenvalue weighted by atomic mass is 32.2. The van der Waals surface area contributed by atoms with Crippen molar-refractivity contribution < 1.29 is 8.42 Å². The topological polar surface area (TPSA) is 62.0 Å². The maximum atomic E-state index is 13.1. The van der Waals surface area contributed by atoms with E-state index in [9.17, 15) is 8.42 Å². The van der Waals surface area contributed by atoms with Crippen molar-refractivity contribution in [2.75, 3.05) is 0 Å². The fourth-order valence-electron chi connectivity index (χ4n) is 3.81. The average molecular weight is 383 g/mol. The fourth-order valence-corrected chi connectivity index (χ4v) is 5.51. The van der Waals surface area contributed by atoms with Gasteiger partial charge in [0.15, 0.2) is 0 Å². The SMILES string of the molecule is C=CC[C@@H](Cc1c[nH]c2ccccc12)NS(=O)(=O)c1c(C)cc(C)cc1C. The van der Waals surface area contributed by atoms with Gasteiger partial charge in [-0.25, -0.2) is 13.1 Å². The second kappa shape index (κ2) is 7.71. The first-order valence-corrected chi connectivity index (χ1v) is 10.6. The summed E-state index contributed by atoms with van der Waals surface area (Å²) in [5.74, 6) is 0. The summed E-state index contributed by atoms with van der Waals surface area (Å²) in [5, 5.41) is 1.12. The van der Waals surface area contributed by atoms with Crippen molar-refractivity contribution in [3.63, 3.8) is 0 Å². The molecule has 1 aromatic heterocycles. The Morgan fingerprint density at radius 2 is 1.81 bits per heavy atom. The molecule has 2 N–H and O–H groups in total. The minimum atomic E-state index is -3.62. The molecule has 27 heavy (non-hydrogen) atoms. The number of hydrogen-bond donors (Lipinski definition) is 2. The molecule has 3 rings (SSSR count). The highest BCUT2D eigenvalue weighted by Crippen LogP contribution is 2.24. The normalized spacial score (nSPS) is 13.0. The summed E-state index contributed by atoms with van der Waals surface area (Å²) in [6.07, 6.45) is 4.87. The molecule has 0 fully saturated rings. The van der Waals surface area contributed by atoms with Crippen LogP contribution in [0.1, 0.15) is 28.7 Å². The Labute approximate surface area is 161 Å². The first-order chi connectivity index (χ1) is 12.8. The molecule has 142 valence electrons. The third-order valence-corrected chi connectivity index (χ3v) is 6.61. The van der Waals surface area contributed by atoms with Gasteiger partial charge in [0.05, 0.1) is 4.90 Å². The minimum Gasteiger partial charge on any atom is -0.361 e. The molecule has 0 unspecified atom stereocenters. The van der Waals surface area contributed by atoms with E-state index in [0.29, 0.717) is 17.7 Å². The maximum Gasteiger partial charge on any atom is 0.241 e. The van der Waals surface area contributed by atoms with Gasteiger partial charge in [0.2, 0.25) is 10.0 Å². The van der Waals surface area contributed by atoms with E-state index in [4.69, 9.17) is 0 Å². The molecule has 2 aromatic carbocycles. The van der Waals surface area contributed by atoms with Crippen molar-refractivity contribution in [1.82, 2.24) is 9.71 Å². The first-order valence-electron chi connectivity index (χ1n) is 9.08. The van der Waals surface area contributed by atoms with Gasteiger partial charge in [-0.05, 0) is 56.4 Å². The third kappa shape index (κ3) is 4.15. The van der Waals surface area contributed by atoms with Crippen LogP contribution in [-0.4, -0.2) is 19.4 Å². The predicted octanol–water partition coefficient (Wildman–Crippen LogP) is 4.56. The summed E-state index contributed by atoms with van der Waals surface area (Å²) >= 11 is 0. The number of para-hydroxylation sites is 1. The van der Waals surface area contributed by atoms with Crippen molar-refractivity contribution >= 4 is 20.9 Å². The number of hydrogen-bond acceptors (Lipinski definition) is 2. The monoisotopic (exact) mass is 382 g/mol. The Hall–Kier alpha value is -2.37. The lowest BCUT2D eigenvalue weighted by molar-refractivity contribution is 0.546. The van der Waals surface area contributed by atoms with Crippen LogP contribution in [-0.2, 0) is 16.4 Å². The van der Waals surface area contributed by atoms with Crippen LogP contribution < -0.4 is 4.72 Å². The standard InChI is InChI=1S/C22H26N2O2S/c1-5-8-19(13-18-14-23-21-10-7-6-9-20(18)21)24-27(25,26)22-16(3)11-15(2)12-17(22)4/h5-7,9-12,14,19,23-24H,1,8,13H2,2-4H3/t19-/m0/s1. The number of fused-ring (bicyclic) bond motifs is 1. The zero-order valence-corrected chi connectivity index (χ0v) is 16.9. The van der Waals surface area contributed by atoms with Gasteiger partial charge in [0, 0.05) is 23.1 Å². The van der Waals surface area contributed by atoms with Crippen molar-refractivity contribution in [3.8, 4) is 0 Å². The van der Waals surface area contributed by atoms with Crippen molar-refractivity contribution in [2.45, 2.75) is 44.6 Å². The molecule has 0 aliphatic rings. The lowest BCUT2D eigenvalue weighted by Crippen LogP contribution is -2.36. The Morgan fingerprint density at radius 1 is 1.15 bits per heavy atom. The molecule has 1 heterocycles. The van der Waals surface area contributed by atoms with Gasteiger partial charge < -0.3 is 4.98 Å². The van der Waals surface area contributed by atoms with Crippen LogP contribution in [0.2, 0.25) is 0 Å². The molecule has 0 bridgehead atoms. The summed E-state index contributed by atoms with van der Waals surface area (Å²) < 4.78 is 29.1. The summed E-state index contributed by atoms with van der Waals surface area (Å²) in [4.78, 5) is 3.63. The predicted molar refractivity (Wildman–Crippen MR) is 112 cm³/mol. The van der Waals surface area contributed by atoms with Gasteiger partial charge in [0.1, 0.15) is 0 Å². The summed E-state index contributed by atoms with van der Waals surface area (Å²) in [5.41, 5.74) is 4.75. The van der Waals surface area contributed by atoms with Crippen molar-refractivity contribution in [1.29, 1.82) is 0 Å². The van der Waals surface area contributed by atoms with Crippen molar-refractivity contribution in [2.24, 2.45) is 0 Å². The second-order valence-electron chi connectivity index (χ2n) is 7.13. The molecule has 0 spiro atoms. The summed E-state index contributed by atoms with van der Waals surface area (Å²) in [7, 11) is -3.62. The van der Waals surface area contributed by atoms with Crippen molar-refractivity contribution in [3.05, 3.63) is 77.5 Å². The molecule has 4 nitrogen and oxygen atoms in total. The Kier molecular flexibility index (Phi) is 5.53. The van der Waals surface area contributed by atoms with Crippen LogP contribution in [0.5, 0.6) is 0 Å². The van der Waals surface area contributed by atoms with E-state index in [0.717, 1.165) is 33.2 Å². The molecule has 0 aliphatic carbocycles. The molecule has 3 aromatic rings. The van der Waals surface area contributed by atoms with E-state index < -0.39 is 10.0 Å². The lowest BCUT2D eigenvalue weighted by Gasteiger charge is -2.19. The van der Waals surface area contributed by atoms with Gasteiger partial charge in [-0.2, -0.15) is 0 Å². The number of aromatic nitrogens is 1. The molecule has 5 heteroatoms. The highest BCUT2D eigenvalue weighted by molar-refractivity contribution is 7.89. The molecule has 0 aliphatic heterocycles. The van der Waals surface area contributed by atoms with E-state index in [1.165, 1.54) is 0 Å². The van der Waals surface area contributed by atoms with E-state index in [-0.39, 0.29) is 6.04 Å². The zero-order chi connectivity index (χ0) is 19.6. The number of aromatic amines is 1. The highest BCUT2D eigenvalue weighted by Gasteiger charge is 2.24. The molecule has 0 saturated heterocycles.